The van der Waals surface area contributed by atoms with E-state index in [1.807, 2.05) is 0 Å². The van der Waals surface area contributed by atoms with Crippen molar-refractivity contribution >= 4 is 28.5 Å². The van der Waals surface area contributed by atoms with Crippen molar-refractivity contribution in [3.05, 3.63) is 47.5 Å². The Balaban J connectivity index is 1.44. The minimum atomic E-state index is -0.145. The number of aromatic nitrogens is 4. The van der Waals surface area contributed by atoms with Gasteiger partial charge < -0.3 is 10.6 Å². The molecule has 4 heterocycles. The van der Waals surface area contributed by atoms with E-state index in [0.29, 0.717) is 34.1 Å². The van der Waals surface area contributed by atoms with Crippen molar-refractivity contribution in [1.29, 1.82) is 0 Å². The lowest BCUT2D eigenvalue weighted by atomic mass is 9.78. The first-order valence-electron chi connectivity index (χ1n) is 12.1. The number of carbonyl (C=O) groups is 1. The molecule has 2 aliphatic rings. The number of amides is 1. The van der Waals surface area contributed by atoms with E-state index >= 15 is 0 Å². The van der Waals surface area contributed by atoms with Crippen molar-refractivity contribution in [3.63, 3.8) is 0 Å². The summed E-state index contributed by atoms with van der Waals surface area (Å²) in [6.07, 6.45) is 12.6. The third-order valence-corrected chi connectivity index (χ3v) is 7.57. The van der Waals surface area contributed by atoms with E-state index in [2.05, 4.69) is 44.3 Å². The number of nitrogens with one attached hydrogen (secondary N) is 2. The second-order valence-corrected chi connectivity index (χ2v) is 10.6. The van der Waals surface area contributed by atoms with Gasteiger partial charge in [0.25, 0.3) is 5.91 Å². The Labute approximate surface area is 205 Å². The van der Waals surface area contributed by atoms with E-state index < -0.39 is 0 Å². The fourth-order valence-electron chi connectivity index (χ4n) is 5.56. The first-order chi connectivity index (χ1) is 16.4. The van der Waals surface area contributed by atoms with Crippen molar-refractivity contribution in [1.82, 2.24) is 35.1 Å². The maximum Gasteiger partial charge on any atom is 0.253 e. The van der Waals surface area contributed by atoms with Gasteiger partial charge in [-0.1, -0.05) is 30.9 Å². The van der Waals surface area contributed by atoms with E-state index in [9.17, 15) is 4.79 Å². The zero-order valence-electron chi connectivity index (χ0n) is 19.9. The molecule has 8 nitrogen and oxygen atoms in total. The van der Waals surface area contributed by atoms with Gasteiger partial charge in [-0.05, 0) is 38.8 Å². The Kier molecular flexibility index (Phi) is 6.31. The number of fused-ring (bicyclic) bond motifs is 1. The highest BCUT2D eigenvalue weighted by Crippen LogP contribution is 2.35. The molecule has 5 rings (SSSR count). The molecule has 0 radical (unpaired) electrons. The number of rotatable bonds is 5. The fourth-order valence-corrected chi connectivity index (χ4v) is 5.80. The van der Waals surface area contributed by atoms with Crippen molar-refractivity contribution in [3.8, 4) is 5.95 Å². The second kappa shape index (κ2) is 9.24. The van der Waals surface area contributed by atoms with Crippen LogP contribution in [0, 0.1) is 0 Å². The van der Waals surface area contributed by atoms with Crippen LogP contribution in [0.5, 0.6) is 0 Å². The van der Waals surface area contributed by atoms with E-state index in [4.69, 9.17) is 11.6 Å². The van der Waals surface area contributed by atoms with Crippen molar-refractivity contribution in [2.75, 3.05) is 26.2 Å². The normalized spacial score (nSPS) is 20.3. The van der Waals surface area contributed by atoms with Gasteiger partial charge in [-0.3, -0.25) is 14.3 Å². The van der Waals surface area contributed by atoms with E-state index in [0.717, 1.165) is 32.5 Å². The monoisotopic (exact) mass is 481 g/mol. The molecule has 34 heavy (non-hydrogen) atoms. The molecule has 0 unspecified atom stereocenters. The Bertz CT molecular complexity index is 1170. The van der Waals surface area contributed by atoms with Gasteiger partial charge in [0, 0.05) is 62.0 Å². The number of hydrogen-bond acceptors (Lipinski definition) is 6. The SMILES string of the molecule is CC1(C)CN(C2(CNC(=O)c3cn(-c4ncccn4)c4nccc(Cl)c34)CCCCC2)CCN1. The molecule has 9 heteroatoms. The van der Waals surface area contributed by atoms with Crippen LogP contribution < -0.4 is 10.6 Å². The van der Waals surface area contributed by atoms with Gasteiger partial charge in [0.15, 0.2) is 0 Å². The lowest BCUT2D eigenvalue weighted by Crippen LogP contribution is -2.66. The number of nitrogens with zero attached hydrogens (tertiary/aromatic N) is 5. The number of piperazine rings is 1. The maximum atomic E-state index is 13.6. The predicted molar refractivity (Wildman–Crippen MR) is 133 cm³/mol. The topological polar surface area (TPSA) is 88.0 Å². The van der Waals surface area contributed by atoms with Crippen molar-refractivity contribution < 1.29 is 4.79 Å². The average Bonchev–Trinajstić information content (AvgIpc) is 3.24. The number of carbonyl (C=O) groups excluding carboxylic acids is 1. The van der Waals surface area contributed by atoms with Gasteiger partial charge in [0.2, 0.25) is 5.95 Å². The average molecular weight is 482 g/mol. The fraction of sp³-hybridized carbons (Fsp3) is 0.520. The summed E-state index contributed by atoms with van der Waals surface area (Å²) in [5, 5.41) is 8.00. The highest BCUT2D eigenvalue weighted by Gasteiger charge is 2.42. The molecular formula is C25H32ClN7O. The van der Waals surface area contributed by atoms with Gasteiger partial charge in [0.05, 0.1) is 16.0 Å². The summed E-state index contributed by atoms with van der Waals surface area (Å²) in [6.45, 7) is 8.07. The Morgan fingerprint density at radius 2 is 1.91 bits per heavy atom. The van der Waals surface area contributed by atoms with E-state index in [-0.39, 0.29) is 17.0 Å². The summed E-state index contributed by atoms with van der Waals surface area (Å²) in [4.78, 5) is 29.3. The number of halogens is 1. The highest BCUT2D eigenvalue weighted by atomic mass is 35.5. The molecule has 1 aliphatic heterocycles. The van der Waals surface area contributed by atoms with E-state index in [1.54, 1.807) is 41.5 Å². The molecule has 3 aromatic rings. The molecule has 180 valence electrons. The summed E-state index contributed by atoms with van der Waals surface area (Å²) in [5.41, 5.74) is 1.11. The summed E-state index contributed by atoms with van der Waals surface area (Å²) >= 11 is 6.55. The van der Waals surface area contributed by atoms with Gasteiger partial charge >= 0.3 is 0 Å². The third kappa shape index (κ3) is 4.42. The molecule has 0 atom stereocenters. The zero-order valence-corrected chi connectivity index (χ0v) is 20.6. The van der Waals surface area contributed by atoms with Crippen molar-refractivity contribution in [2.24, 2.45) is 0 Å². The van der Waals surface area contributed by atoms with Crippen LogP contribution >= 0.6 is 11.6 Å². The molecule has 2 fully saturated rings. The maximum absolute atomic E-state index is 13.6. The van der Waals surface area contributed by atoms with Gasteiger partial charge in [-0.2, -0.15) is 0 Å². The zero-order chi connectivity index (χ0) is 23.8. The highest BCUT2D eigenvalue weighted by molar-refractivity contribution is 6.36. The summed E-state index contributed by atoms with van der Waals surface area (Å²) in [7, 11) is 0. The Morgan fingerprint density at radius 3 is 2.65 bits per heavy atom. The lowest BCUT2D eigenvalue weighted by Gasteiger charge is -2.52. The predicted octanol–water partition coefficient (Wildman–Crippen LogP) is 3.59. The molecule has 0 spiro atoms. The quantitative estimate of drug-likeness (QED) is 0.579. The van der Waals surface area contributed by atoms with Crippen LogP contribution in [0.15, 0.2) is 36.9 Å². The molecular weight excluding hydrogens is 450 g/mol. The molecule has 1 saturated carbocycles. The molecule has 0 aromatic carbocycles. The summed E-state index contributed by atoms with van der Waals surface area (Å²) < 4.78 is 1.73. The Morgan fingerprint density at radius 1 is 1.15 bits per heavy atom. The van der Waals surface area contributed by atoms with Crippen LogP contribution in [0.2, 0.25) is 5.02 Å². The van der Waals surface area contributed by atoms with Crippen LogP contribution in [0.25, 0.3) is 17.0 Å². The standard InChI is InChI=1S/C25H32ClN7O/c1-24(2)17-32(14-13-31-24)25(8-4-3-5-9-25)16-30-22(34)18-15-33(23-28-10-6-11-29-23)21-20(18)19(26)7-12-27-21/h6-7,10-12,15,31H,3-5,8-9,13-14,16-17H2,1-2H3,(H,30,34). The molecule has 2 N–H and O–H groups in total. The van der Waals surface area contributed by atoms with Gasteiger partial charge in [-0.25, -0.2) is 15.0 Å². The van der Waals surface area contributed by atoms with Crippen molar-refractivity contribution in [2.45, 2.75) is 57.0 Å². The largest absolute Gasteiger partial charge is 0.350 e. The minimum absolute atomic E-state index is 0.0176. The first-order valence-corrected chi connectivity index (χ1v) is 12.5. The number of pyridine rings is 1. The molecule has 0 bridgehead atoms. The van der Waals surface area contributed by atoms with Crippen LogP contribution in [0.4, 0.5) is 0 Å². The van der Waals surface area contributed by atoms with Gasteiger partial charge in [0.1, 0.15) is 5.65 Å². The van der Waals surface area contributed by atoms with Crippen LogP contribution in [0.3, 0.4) is 0 Å². The Hall–Kier alpha value is -2.55. The molecule has 1 aliphatic carbocycles. The first kappa shape index (κ1) is 23.2. The van der Waals surface area contributed by atoms with E-state index in [1.165, 1.54) is 19.3 Å². The molecule has 3 aromatic heterocycles. The summed E-state index contributed by atoms with van der Waals surface area (Å²) in [5.74, 6) is 0.307. The smallest absolute Gasteiger partial charge is 0.253 e. The van der Waals surface area contributed by atoms with Crippen LogP contribution in [-0.4, -0.2) is 67.6 Å². The molecule has 1 amide bonds. The molecule has 1 saturated heterocycles. The van der Waals surface area contributed by atoms with Crippen LogP contribution in [0.1, 0.15) is 56.3 Å². The van der Waals surface area contributed by atoms with Gasteiger partial charge in [-0.15, -0.1) is 0 Å². The minimum Gasteiger partial charge on any atom is -0.350 e. The summed E-state index contributed by atoms with van der Waals surface area (Å²) in [6, 6.07) is 3.46. The number of hydrogen-bond donors (Lipinski definition) is 2. The van der Waals surface area contributed by atoms with Crippen LogP contribution in [-0.2, 0) is 0 Å². The third-order valence-electron chi connectivity index (χ3n) is 7.25. The second-order valence-electron chi connectivity index (χ2n) is 10.2. The lowest BCUT2D eigenvalue weighted by molar-refractivity contribution is 0.00950.